The van der Waals surface area contributed by atoms with E-state index in [-0.39, 0.29) is 0 Å². The van der Waals surface area contributed by atoms with Gasteiger partial charge in [-0.3, -0.25) is 0 Å². The Balaban J connectivity index is 1.21. The minimum Gasteiger partial charge on any atom is -0.373 e. The van der Waals surface area contributed by atoms with Crippen molar-refractivity contribution in [1.29, 1.82) is 0 Å². The van der Waals surface area contributed by atoms with Crippen LogP contribution in [0.4, 0.5) is 16.4 Å². The van der Waals surface area contributed by atoms with Gasteiger partial charge in [-0.05, 0) is 85.9 Å². The summed E-state index contributed by atoms with van der Waals surface area (Å²) in [5, 5.41) is 13.9. The van der Waals surface area contributed by atoms with Crippen LogP contribution >= 0.6 is 11.3 Å². The third-order valence-corrected chi connectivity index (χ3v) is 9.98. The molecule has 0 unspecified atom stereocenters. The van der Waals surface area contributed by atoms with Crippen LogP contribution in [0.25, 0.3) is 59.2 Å². The van der Waals surface area contributed by atoms with Gasteiger partial charge in [-0.15, -0.1) is 11.3 Å². The normalized spacial score (nSPS) is 12.8. The van der Waals surface area contributed by atoms with E-state index in [4.69, 9.17) is 0 Å². The molecule has 0 bridgehead atoms. The lowest BCUT2D eigenvalue weighted by atomic mass is 9.90. The van der Waals surface area contributed by atoms with E-state index in [1.165, 1.54) is 69.8 Å². The standard InChI is InChI=1S/C41H28N2S/c1-2-11-30(12-3-1)43(37-24-25-42-41-40(37)35-16-8-9-17-38(35)44-41)31-22-20-28(21-23-31)36-26-29-19-18-27-10-4-5-13-32(27)39(29)34-15-7-6-14-33(34)36/h1-24,26,42H,25H2. The van der Waals surface area contributed by atoms with Gasteiger partial charge in [0.1, 0.15) is 0 Å². The van der Waals surface area contributed by atoms with Crippen molar-refractivity contribution in [3.63, 3.8) is 0 Å². The molecule has 1 aliphatic heterocycles. The summed E-state index contributed by atoms with van der Waals surface area (Å²) in [5.41, 5.74) is 7.26. The number of hydrogen-bond donors (Lipinski definition) is 1. The van der Waals surface area contributed by atoms with Crippen LogP contribution in [0.1, 0.15) is 5.56 Å². The molecule has 44 heavy (non-hydrogen) atoms. The highest BCUT2D eigenvalue weighted by molar-refractivity contribution is 7.23. The van der Waals surface area contributed by atoms with E-state index < -0.39 is 0 Å². The van der Waals surface area contributed by atoms with Crippen LogP contribution in [0.5, 0.6) is 0 Å². The molecule has 0 amide bonds. The molecule has 1 aromatic heterocycles. The minimum absolute atomic E-state index is 0.800. The quantitative estimate of drug-likeness (QED) is 0.208. The molecule has 2 nitrogen and oxygen atoms in total. The maximum atomic E-state index is 3.63. The van der Waals surface area contributed by atoms with Gasteiger partial charge in [-0.25, -0.2) is 0 Å². The molecule has 3 heteroatoms. The molecule has 0 aliphatic carbocycles. The van der Waals surface area contributed by atoms with E-state index in [0.717, 1.165) is 17.9 Å². The van der Waals surface area contributed by atoms with Crippen molar-refractivity contribution in [2.45, 2.75) is 0 Å². The lowest BCUT2D eigenvalue weighted by Gasteiger charge is -2.31. The molecule has 1 aliphatic rings. The highest BCUT2D eigenvalue weighted by Gasteiger charge is 2.25. The minimum atomic E-state index is 0.800. The molecule has 8 aromatic rings. The van der Waals surface area contributed by atoms with Crippen molar-refractivity contribution in [3.8, 4) is 11.1 Å². The average Bonchev–Trinajstić information content (AvgIpc) is 3.48. The fourth-order valence-electron chi connectivity index (χ4n) is 6.88. The lowest BCUT2D eigenvalue weighted by molar-refractivity contribution is 1.24. The highest BCUT2D eigenvalue weighted by atomic mass is 32.1. The van der Waals surface area contributed by atoms with Crippen molar-refractivity contribution < 1.29 is 0 Å². The number of benzene rings is 7. The average molecular weight is 581 g/mol. The number of para-hydroxylation sites is 1. The Bertz CT molecular complexity index is 2380. The molecule has 0 spiro atoms. The molecule has 9 rings (SSSR count). The second-order valence-electron chi connectivity index (χ2n) is 11.3. The molecular formula is C41H28N2S. The van der Waals surface area contributed by atoms with E-state index in [9.17, 15) is 0 Å². The summed E-state index contributed by atoms with van der Waals surface area (Å²) >= 11 is 1.83. The zero-order valence-corrected chi connectivity index (χ0v) is 24.8. The summed E-state index contributed by atoms with van der Waals surface area (Å²) in [6.45, 7) is 0.800. The number of nitrogens with one attached hydrogen (secondary N) is 1. The number of anilines is 3. The van der Waals surface area contributed by atoms with Crippen molar-refractivity contribution in [2.24, 2.45) is 0 Å². The summed E-state index contributed by atoms with van der Waals surface area (Å²) < 4.78 is 1.30. The maximum Gasteiger partial charge on any atom is 0.0992 e. The van der Waals surface area contributed by atoms with E-state index in [0.29, 0.717) is 0 Å². The van der Waals surface area contributed by atoms with Gasteiger partial charge < -0.3 is 10.2 Å². The van der Waals surface area contributed by atoms with Crippen molar-refractivity contribution in [2.75, 3.05) is 16.8 Å². The summed E-state index contributed by atoms with van der Waals surface area (Å²) in [5.74, 6) is 0. The summed E-state index contributed by atoms with van der Waals surface area (Å²) in [4.78, 5) is 2.41. The molecule has 208 valence electrons. The number of fused-ring (bicyclic) bond motifs is 8. The second-order valence-corrected chi connectivity index (χ2v) is 12.4. The van der Waals surface area contributed by atoms with Crippen LogP contribution in [0, 0.1) is 0 Å². The van der Waals surface area contributed by atoms with Crippen LogP contribution in [-0.2, 0) is 0 Å². The third kappa shape index (κ3) is 3.94. The first kappa shape index (κ1) is 25.1. The monoisotopic (exact) mass is 580 g/mol. The Morgan fingerprint density at radius 3 is 2.05 bits per heavy atom. The van der Waals surface area contributed by atoms with Gasteiger partial charge in [0.25, 0.3) is 0 Å². The predicted molar refractivity (Wildman–Crippen MR) is 191 cm³/mol. The first-order valence-corrected chi connectivity index (χ1v) is 15.9. The van der Waals surface area contributed by atoms with Crippen LogP contribution in [-0.4, -0.2) is 6.54 Å². The van der Waals surface area contributed by atoms with Crippen molar-refractivity contribution >= 4 is 75.8 Å². The third-order valence-electron chi connectivity index (χ3n) is 8.85. The molecule has 2 heterocycles. The fourth-order valence-corrected chi connectivity index (χ4v) is 8.00. The maximum absolute atomic E-state index is 3.63. The lowest BCUT2D eigenvalue weighted by Crippen LogP contribution is -2.20. The van der Waals surface area contributed by atoms with Gasteiger partial charge in [-0.2, -0.15) is 0 Å². The predicted octanol–water partition coefficient (Wildman–Crippen LogP) is 11.6. The van der Waals surface area contributed by atoms with Crippen LogP contribution in [0.2, 0.25) is 0 Å². The highest BCUT2D eigenvalue weighted by Crippen LogP contribution is 2.46. The molecule has 0 radical (unpaired) electrons. The van der Waals surface area contributed by atoms with E-state index in [1.807, 2.05) is 11.3 Å². The summed E-state index contributed by atoms with van der Waals surface area (Å²) in [7, 11) is 0. The van der Waals surface area contributed by atoms with Gasteiger partial charge in [0.15, 0.2) is 0 Å². The van der Waals surface area contributed by atoms with Crippen molar-refractivity contribution in [3.05, 3.63) is 157 Å². The Hall–Kier alpha value is -5.38. The van der Waals surface area contributed by atoms with E-state index >= 15 is 0 Å². The second kappa shape index (κ2) is 10.1. The first-order chi connectivity index (χ1) is 21.8. The van der Waals surface area contributed by atoms with Crippen LogP contribution < -0.4 is 10.2 Å². The SMILES string of the molecule is C1=C(N(c2ccccc2)c2ccc(-c3cc4ccc5ccccc5c4c4ccccc34)cc2)c2c(sc3ccccc23)NC1. The Kier molecular flexibility index (Phi) is 5.78. The van der Waals surface area contributed by atoms with Crippen LogP contribution in [0.3, 0.4) is 0 Å². The van der Waals surface area contributed by atoms with Gasteiger partial charge in [-0.1, -0.05) is 109 Å². The van der Waals surface area contributed by atoms with Gasteiger partial charge in [0, 0.05) is 33.6 Å². The van der Waals surface area contributed by atoms with Gasteiger partial charge in [0.05, 0.1) is 10.7 Å². The van der Waals surface area contributed by atoms with Crippen LogP contribution in [0.15, 0.2) is 152 Å². The first-order valence-electron chi connectivity index (χ1n) is 15.1. The molecule has 0 saturated heterocycles. The number of thiophene rings is 1. The summed E-state index contributed by atoms with van der Waals surface area (Å²) in [6.07, 6.45) is 2.32. The zero-order chi connectivity index (χ0) is 29.0. The molecule has 1 N–H and O–H groups in total. The van der Waals surface area contributed by atoms with E-state index in [1.54, 1.807) is 0 Å². The molecule has 0 fully saturated rings. The van der Waals surface area contributed by atoms with Crippen molar-refractivity contribution in [1.82, 2.24) is 0 Å². The molecule has 0 atom stereocenters. The Morgan fingerprint density at radius 2 is 1.20 bits per heavy atom. The Labute approximate surface area is 260 Å². The molecular weight excluding hydrogens is 553 g/mol. The smallest absolute Gasteiger partial charge is 0.0992 e. The zero-order valence-electron chi connectivity index (χ0n) is 24.0. The van der Waals surface area contributed by atoms with Gasteiger partial charge in [0.2, 0.25) is 0 Å². The molecule has 0 saturated carbocycles. The number of nitrogens with zero attached hydrogens (tertiary/aromatic N) is 1. The Morgan fingerprint density at radius 1 is 0.545 bits per heavy atom. The largest absolute Gasteiger partial charge is 0.373 e. The fraction of sp³-hybridized carbons (Fsp3) is 0.0244. The number of hydrogen-bond acceptors (Lipinski definition) is 3. The molecule has 7 aromatic carbocycles. The summed E-state index contributed by atoms with van der Waals surface area (Å²) in [6, 6.07) is 53.0. The van der Waals surface area contributed by atoms with Gasteiger partial charge >= 0.3 is 0 Å². The number of rotatable bonds is 4. The topological polar surface area (TPSA) is 15.3 Å². The van der Waals surface area contributed by atoms with E-state index in [2.05, 4.69) is 162 Å².